The molecule has 1 aromatic carbocycles. The number of benzene rings is 1. The van der Waals surface area contributed by atoms with Gasteiger partial charge in [0.25, 0.3) is 5.91 Å². The van der Waals surface area contributed by atoms with Crippen molar-refractivity contribution in [2.45, 2.75) is 27.7 Å². The van der Waals surface area contributed by atoms with E-state index in [0.29, 0.717) is 31.9 Å². The highest BCUT2D eigenvalue weighted by atomic mass is 16.5. The van der Waals surface area contributed by atoms with E-state index in [4.69, 9.17) is 4.74 Å². The Labute approximate surface area is 132 Å². The molecule has 3 rings (SSSR count). The monoisotopic (exact) mass is 300 g/mol. The van der Waals surface area contributed by atoms with Crippen LogP contribution in [0.15, 0.2) is 24.3 Å². The van der Waals surface area contributed by atoms with Gasteiger partial charge >= 0.3 is 0 Å². The van der Waals surface area contributed by atoms with Gasteiger partial charge in [0.05, 0.1) is 18.7 Å². The number of fused-ring (bicyclic) bond motifs is 1. The number of aryl methyl sites for hydroxylation is 2. The van der Waals surface area contributed by atoms with Crippen LogP contribution in [0.5, 0.6) is 0 Å². The largest absolute Gasteiger partial charge is 0.378 e. The van der Waals surface area contributed by atoms with E-state index in [2.05, 4.69) is 18.0 Å². The van der Waals surface area contributed by atoms with Crippen molar-refractivity contribution in [1.82, 2.24) is 9.88 Å². The van der Waals surface area contributed by atoms with Gasteiger partial charge in [0, 0.05) is 29.7 Å². The molecule has 0 atom stereocenters. The molecule has 0 unspecified atom stereocenters. The highest BCUT2D eigenvalue weighted by molar-refractivity contribution is 5.98. The highest BCUT2D eigenvalue weighted by Crippen LogP contribution is 2.20. The maximum Gasteiger partial charge on any atom is 0.254 e. The number of ether oxygens (including phenoxy) is 1. The maximum atomic E-state index is 12.5. The Balaban J connectivity index is 0.000000847. The van der Waals surface area contributed by atoms with Crippen molar-refractivity contribution in [3.8, 4) is 0 Å². The quantitative estimate of drug-likeness (QED) is 0.811. The first-order valence-corrected chi connectivity index (χ1v) is 7.90. The molecule has 0 radical (unpaired) electrons. The van der Waals surface area contributed by atoms with Crippen molar-refractivity contribution in [3.63, 3.8) is 0 Å². The van der Waals surface area contributed by atoms with Crippen molar-refractivity contribution in [2.75, 3.05) is 26.3 Å². The predicted octanol–water partition coefficient (Wildman–Crippen LogP) is 3.35. The Morgan fingerprint density at radius 3 is 2.50 bits per heavy atom. The third-order valence-electron chi connectivity index (χ3n) is 3.69. The molecular formula is C18H24N2O2. The Kier molecular flexibility index (Phi) is 5.50. The van der Waals surface area contributed by atoms with E-state index in [0.717, 1.165) is 16.6 Å². The molecule has 1 saturated heterocycles. The number of pyridine rings is 1. The fraction of sp³-hybridized carbons (Fsp3) is 0.444. The summed E-state index contributed by atoms with van der Waals surface area (Å²) >= 11 is 0. The molecule has 0 bridgehead atoms. The number of carbonyl (C=O) groups is 1. The second-order valence-electron chi connectivity index (χ2n) is 5.22. The number of amides is 1. The molecule has 0 aliphatic carbocycles. The van der Waals surface area contributed by atoms with Gasteiger partial charge in [-0.1, -0.05) is 19.9 Å². The number of carbonyl (C=O) groups excluding carboxylic acids is 1. The van der Waals surface area contributed by atoms with Gasteiger partial charge in [-0.3, -0.25) is 9.78 Å². The van der Waals surface area contributed by atoms with Crippen LogP contribution in [0, 0.1) is 13.8 Å². The average molecular weight is 300 g/mol. The van der Waals surface area contributed by atoms with Crippen LogP contribution in [0.25, 0.3) is 10.9 Å². The lowest BCUT2D eigenvalue weighted by molar-refractivity contribution is 0.0303. The molecule has 2 heterocycles. The van der Waals surface area contributed by atoms with Gasteiger partial charge in [-0.05, 0) is 37.6 Å². The number of aromatic nitrogens is 1. The molecule has 0 spiro atoms. The maximum absolute atomic E-state index is 12.5. The zero-order chi connectivity index (χ0) is 16.1. The van der Waals surface area contributed by atoms with E-state index in [1.807, 2.05) is 43.9 Å². The molecule has 1 aliphatic heterocycles. The Morgan fingerprint density at radius 1 is 1.14 bits per heavy atom. The second-order valence-corrected chi connectivity index (χ2v) is 5.22. The van der Waals surface area contributed by atoms with E-state index >= 15 is 0 Å². The van der Waals surface area contributed by atoms with Crippen LogP contribution in [0.3, 0.4) is 0 Å². The summed E-state index contributed by atoms with van der Waals surface area (Å²) in [7, 11) is 0. The molecule has 0 N–H and O–H groups in total. The molecule has 2 aromatic rings. The van der Waals surface area contributed by atoms with Gasteiger partial charge in [-0.25, -0.2) is 0 Å². The van der Waals surface area contributed by atoms with Crippen LogP contribution in [0.4, 0.5) is 0 Å². The zero-order valence-electron chi connectivity index (χ0n) is 13.8. The lowest BCUT2D eigenvalue weighted by Gasteiger charge is -2.26. The first kappa shape index (κ1) is 16.4. The Hall–Kier alpha value is -1.94. The third kappa shape index (κ3) is 3.45. The summed E-state index contributed by atoms with van der Waals surface area (Å²) in [4.78, 5) is 18.8. The van der Waals surface area contributed by atoms with Crippen molar-refractivity contribution < 1.29 is 9.53 Å². The number of morpholine rings is 1. The lowest BCUT2D eigenvalue weighted by Crippen LogP contribution is -2.40. The zero-order valence-corrected chi connectivity index (χ0v) is 13.8. The van der Waals surface area contributed by atoms with Gasteiger partial charge in [0.15, 0.2) is 0 Å². The van der Waals surface area contributed by atoms with Crippen LogP contribution >= 0.6 is 0 Å². The molecule has 1 aliphatic rings. The number of nitrogens with zero attached hydrogens (tertiary/aromatic N) is 2. The van der Waals surface area contributed by atoms with Gasteiger partial charge in [0.2, 0.25) is 0 Å². The van der Waals surface area contributed by atoms with Crippen LogP contribution in [-0.4, -0.2) is 42.1 Å². The van der Waals surface area contributed by atoms with Gasteiger partial charge < -0.3 is 9.64 Å². The van der Waals surface area contributed by atoms with E-state index in [1.165, 1.54) is 5.56 Å². The fourth-order valence-corrected chi connectivity index (χ4v) is 2.65. The minimum Gasteiger partial charge on any atom is -0.378 e. The first-order valence-electron chi connectivity index (χ1n) is 7.90. The standard InChI is InChI=1S/C16H18N2O2.C2H6/c1-11-9-12(2)17-15-10-13(3-4-14(11)15)16(19)18-5-7-20-8-6-18;1-2/h3-4,9-10H,5-8H2,1-2H3;1-2H3. The van der Waals surface area contributed by atoms with Crippen LogP contribution in [0.2, 0.25) is 0 Å². The highest BCUT2D eigenvalue weighted by Gasteiger charge is 2.18. The molecule has 118 valence electrons. The van der Waals surface area contributed by atoms with E-state index in [9.17, 15) is 4.79 Å². The van der Waals surface area contributed by atoms with Gasteiger partial charge in [0.1, 0.15) is 0 Å². The van der Waals surface area contributed by atoms with E-state index in [1.54, 1.807) is 0 Å². The topological polar surface area (TPSA) is 42.4 Å². The average Bonchev–Trinajstić information content (AvgIpc) is 2.56. The van der Waals surface area contributed by atoms with Crippen LogP contribution < -0.4 is 0 Å². The predicted molar refractivity (Wildman–Crippen MR) is 89.3 cm³/mol. The lowest BCUT2D eigenvalue weighted by atomic mass is 10.1. The third-order valence-corrected chi connectivity index (χ3v) is 3.69. The summed E-state index contributed by atoms with van der Waals surface area (Å²) in [5.74, 6) is 0.0659. The molecule has 1 amide bonds. The molecule has 0 saturated carbocycles. The summed E-state index contributed by atoms with van der Waals surface area (Å²) in [6, 6.07) is 7.84. The minimum absolute atomic E-state index is 0.0659. The number of rotatable bonds is 1. The summed E-state index contributed by atoms with van der Waals surface area (Å²) in [5, 5.41) is 1.11. The van der Waals surface area contributed by atoms with E-state index in [-0.39, 0.29) is 5.91 Å². The minimum atomic E-state index is 0.0659. The molecule has 4 nitrogen and oxygen atoms in total. The van der Waals surface area contributed by atoms with Gasteiger partial charge in [-0.15, -0.1) is 0 Å². The SMILES string of the molecule is CC.Cc1cc(C)c2ccc(C(=O)N3CCOCC3)cc2n1. The Morgan fingerprint density at radius 2 is 1.82 bits per heavy atom. The number of hydrogen-bond donors (Lipinski definition) is 0. The molecule has 4 heteroatoms. The summed E-state index contributed by atoms with van der Waals surface area (Å²) in [6.07, 6.45) is 0. The Bertz CT molecular complexity index is 661. The smallest absolute Gasteiger partial charge is 0.254 e. The van der Waals surface area contributed by atoms with E-state index < -0.39 is 0 Å². The van der Waals surface area contributed by atoms with Crippen LogP contribution in [0.1, 0.15) is 35.5 Å². The van der Waals surface area contributed by atoms with Crippen molar-refractivity contribution >= 4 is 16.8 Å². The molecular weight excluding hydrogens is 276 g/mol. The van der Waals surface area contributed by atoms with Crippen molar-refractivity contribution in [1.29, 1.82) is 0 Å². The summed E-state index contributed by atoms with van der Waals surface area (Å²) in [5.41, 5.74) is 3.77. The second kappa shape index (κ2) is 7.36. The van der Waals surface area contributed by atoms with Crippen molar-refractivity contribution in [3.05, 3.63) is 41.1 Å². The van der Waals surface area contributed by atoms with Crippen molar-refractivity contribution in [2.24, 2.45) is 0 Å². The molecule has 1 aromatic heterocycles. The first-order chi connectivity index (χ1) is 10.6. The normalized spacial score (nSPS) is 14.5. The molecule has 22 heavy (non-hydrogen) atoms. The number of hydrogen-bond acceptors (Lipinski definition) is 3. The fourth-order valence-electron chi connectivity index (χ4n) is 2.65. The van der Waals surface area contributed by atoms with Gasteiger partial charge in [-0.2, -0.15) is 0 Å². The van der Waals surface area contributed by atoms with Crippen LogP contribution in [-0.2, 0) is 4.74 Å². The summed E-state index contributed by atoms with van der Waals surface area (Å²) in [6.45, 7) is 10.6. The molecule has 1 fully saturated rings. The summed E-state index contributed by atoms with van der Waals surface area (Å²) < 4.78 is 5.28.